The summed E-state index contributed by atoms with van der Waals surface area (Å²) >= 11 is 0. The van der Waals surface area contributed by atoms with Crippen molar-refractivity contribution in [3.8, 4) is 11.5 Å². The molecule has 0 spiro atoms. The molecule has 1 amide bonds. The number of carbonyl (C=O) groups is 1. The molecular formula is C19H19N3O4. The van der Waals surface area contributed by atoms with Crippen LogP contribution in [0, 0.1) is 6.92 Å². The zero-order chi connectivity index (χ0) is 18.3. The number of pyridine rings is 1. The number of hydrogen-bond acceptors (Lipinski definition) is 6. The summed E-state index contributed by atoms with van der Waals surface area (Å²) in [5, 5.41) is 7.64. The first-order chi connectivity index (χ1) is 12.4. The average molecular weight is 353 g/mol. The summed E-state index contributed by atoms with van der Waals surface area (Å²) in [4.78, 5) is 16.9. The molecule has 7 nitrogen and oxygen atoms in total. The molecule has 4 rings (SSSR count). The molecule has 1 aromatic carbocycles. The summed E-state index contributed by atoms with van der Waals surface area (Å²) in [5.41, 5.74) is 1.89. The highest BCUT2D eigenvalue weighted by Gasteiger charge is 2.26. The topological polar surface area (TPSA) is 86.5 Å². The van der Waals surface area contributed by atoms with Crippen molar-refractivity contribution in [2.24, 2.45) is 0 Å². The lowest BCUT2D eigenvalue weighted by molar-refractivity contribution is 0.0911. The molecule has 1 aliphatic rings. The standard InChI is InChI=1S/C19H19N3O4/c1-11-14-8-12(10-20-18(14)26-22-11)17(23)21-19(2,3)13-4-5-15-16(9-13)25-7-6-24-15/h4-5,8-10H,6-7H2,1-3H3,(H,21,23). The van der Waals surface area contributed by atoms with Gasteiger partial charge in [0.05, 0.1) is 22.2 Å². The van der Waals surface area contributed by atoms with E-state index in [-0.39, 0.29) is 5.91 Å². The number of hydrogen-bond donors (Lipinski definition) is 1. The van der Waals surface area contributed by atoms with E-state index >= 15 is 0 Å². The van der Waals surface area contributed by atoms with Crippen LogP contribution in [0.3, 0.4) is 0 Å². The summed E-state index contributed by atoms with van der Waals surface area (Å²) in [6.07, 6.45) is 1.49. The van der Waals surface area contributed by atoms with Crippen molar-refractivity contribution in [1.29, 1.82) is 0 Å². The molecule has 3 heterocycles. The van der Waals surface area contributed by atoms with Gasteiger partial charge >= 0.3 is 0 Å². The minimum atomic E-state index is -0.606. The van der Waals surface area contributed by atoms with Crippen molar-refractivity contribution < 1.29 is 18.8 Å². The Kier molecular flexibility index (Phi) is 3.79. The summed E-state index contributed by atoms with van der Waals surface area (Å²) in [6.45, 7) is 6.76. The van der Waals surface area contributed by atoms with E-state index in [1.165, 1.54) is 6.20 Å². The molecule has 0 fully saturated rings. The van der Waals surface area contributed by atoms with E-state index in [1.807, 2.05) is 39.0 Å². The Morgan fingerprint density at radius 2 is 1.92 bits per heavy atom. The van der Waals surface area contributed by atoms with Crippen molar-refractivity contribution in [2.45, 2.75) is 26.3 Å². The molecule has 0 aliphatic carbocycles. The number of amides is 1. The van der Waals surface area contributed by atoms with Gasteiger partial charge in [0, 0.05) is 6.20 Å². The summed E-state index contributed by atoms with van der Waals surface area (Å²) in [5.74, 6) is 1.19. The van der Waals surface area contributed by atoms with E-state index in [1.54, 1.807) is 6.07 Å². The normalized spacial score (nSPS) is 13.7. The van der Waals surface area contributed by atoms with Crippen LogP contribution < -0.4 is 14.8 Å². The zero-order valence-corrected chi connectivity index (χ0v) is 14.8. The van der Waals surface area contributed by atoms with E-state index in [4.69, 9.17) is 14.0 Å². The number of rotatable bonds is 3. The Hall–Kier alpha value is -3.09. The van der Waals surface area contributed by atoms with Crippen molar-refractivity contribution in [3.05, 3.63) is 47.3 Å². The van der Waals surface area contributed by atoms with Crippen molar-refractivity contribution in [1.82, 2.24) is 15.5 Å². The van der Waals surface area contributed by atoms with Gasteiger partial charge in [0.1, 0.15) is 13.2 Å². The van der Waals surface area contributed by atoms with Crippen LogP contribution in [-0.2, 0) is 5.54 Å². The van der Waals surface area contributed by atoms with Gasteiger partial charge in [-0.15, -0.1) is 0 Å². The fourth-order valence-corrected chi connectivity index (χ4v) is 2.93. The van der Waals surface area contributed by atoms with Gasteiger partial charge < -0.3 is 19.3 Å². The lowest BCUT2D eigenvalue weighted by atomic mass is 9.93. The van der Waals surface area contributed by atoms with Crippen molar-refractivity contribution in [3.63, 3.8) is 0 Å². The maximum Gasteiger partial charge on any atom is 0.257 e. The van der Waals surface area contributed by atoms with Gasteiger partial charge in [0.2, 0.25) is 0 Å². The molecule has 26 heavy (non-hydrogen) atoms. The van der Waals surface area contributed by atoms with E-state index in [9.17, 15) is 4.79 Å². The number of ether oxygens (including phenoxy) is 2. The second-order valence-electron chi connectivity index (χ2n) is 6.78. The molecule has 7 heteroatoms. The third-order valence-electron chi connectivity index (χ3n) is 4.46. The van der Waals surface area contributed by atoms with Crippen LogP contribution in [0.4, 0.5) is 0 Å². The molecule has 0 saturated carbocycles. The third-order valence-corrected chi connectivity index (χ3v) is 4.46. The van der Waals surface area contributed by atoms with Gasteiger partial charge in [0.15, 0.2) is 11.5 Å². The lowest BCUT2D eigenvalue weighted by Gasteiger charge is -2.28. The van der Waals surface area contributed by atoms with Gasteiger partial charge in [-0.25, -0.2) is 4.98 Å². The number of carbonyl (C=O) groups excluding carboxylic acids is 1. The first kappa shape index (κ1) is 16.4. The average Bonchev–Trinajstić information content (AvgIpc) is 3.01. The van der Waals surface area contributed by atoms with Gasteiger partial charge in [-0.3, -0.25) is 4.79 Å². The Morgan fingerprint density at radius 3 is 2.73 bits per heavy atom. The van der Waals surface area contributed by atoms with Crippen LogP contribution in [0.5, 0.6) is 11.5 Å². The summed E-state index contributed by atoms with van der Waals surface area (Å²) in [6, 6.07) is 7.44. The molecule has 3 aromatic rings. The predicted molar refractivity (Wildman–Crippen MR) is 94.5 cm³/mol. The van der Waals surface area contributed by atoms with Crippen LogP contribution in [0.15, 0.2) is 35.0 Å². The molecule has 0 radical (unpaired) electrons. The molecule has 2 aromatic heterocycles. The minimum absolute atomic E-state index is 0.222. The second-order valence-corrected chi connectivity index (χ2v) is 6.78. The Labute approximate surface area is 150 Å². The Balaban J connectivity index is 1.59. The van der Waals surface area contributed by atoms with Crippen molar-refractivity contribution >= 4 is 17.0 Å². The maximum absolute atomic E-state index is 12.7. The van der Waals surface area contributed by atoms with E-state index in [0.717, 1.165) is 16.7 Å². The predicted octanol–water partition coefficient (Wildman–Crippen LogP) is 2.97. The van der Waals surface area contributed by atoms with Crippen LogP contribution in [0.1, 0.15) is 35.5 Å². The number of nitrogens with one attached hydrogen (secondary N) is 1. The van der Waals surface area contributed by atoms with Gasteiger partial charge in [-0.2, -0.15) is 0 Å². The molecule has 0 saturated heterocycles. The highest BCUT2D eigenvalue weighted by atomic mass is 16.6. The number of benzene rings is 1. The summed E-state index contributed by atoms with van der Waals surface area (Å²) in [7, 11) is 0. The zero-order valence-electron chi connectivity index (χ0n) is 14.8. The first-order valence-corrected chi connectivity index (χ1v) is 8.39. The SMILES string of the molecule is Cc1noc2ncc(C(=O)NC(C)(C)c3ccc4c(c3)OCCO4)cc12. The van der Waals surface area contributed by atoms with E-state index in [0.29, 0.717) is 35.9 Å². The van der Waals surface area contributed by atoms with Gasteiger partial charge in [0.25, 0.3) is 11.6 Å². The fourth-order valence-electron chi connectivity index (χ4n) is 2.93. The lowest BCUT2D eigenvalue weighted by Crippen LogP contribution is -2.41. The number of aryl methyl sites for hydroxylation is 1. The fraction of sp³-hybridized carbons (Fsp3) is 0.316. The largest absolute Gasteiger partial charge is 0.486 e. The molecule has 134 valence electrons. The monoisotopic (exact) mass is 353 g/mol. The molecule has 1 N–H and O–H groups in total. The molecule has 0 unspecified atom stereocenters. The Morgan fingerprint density at radius 1 is 1.15 bits per heavy atom. The highest BCUT2D eigenvalue weighted by molar-refractivity contribution is 5.97. The summed E-state index contributed by atoms with van der Waals surface area (Å²) < 4.78 is 16.3. The van der Waals surface area contributed by atoms with E-state index < -0.39 is 5.54 Å². The van der Waals surface area contributed by atoms with Crippen molar-refractivity contribution in [2.75, 3.05) is 13.2 Å². The quantitative estimate of drug-likeness (QED) is 0.779. The number of aromatic nitrogens is 2. The molecule has 1 aliphatic heterocycles. The number of fused-ring (bicyclic) bond motifs is 2. The number of nitrogens with zero attached hydrogens (tertiary/aromatic N) is 2. The first-order valence-electron chi connectivity index (χ1n) is 8.39. The van der Waals surface area contributed by atoms with Crippen LogP contribution in [0.2, 0.25) is 0 Å². The highest BCUT2D eigenvalue weighted by Crippen LogP contribution is 2.34. The van der Waals surface area contributed by atoms with Crippen LogP contribution in [-0.4, -0.2) is 29.3 Å². The molecular weight excluding hydrogens is 334 g/mol. The third kappa shape index (κ3) is 2.85. The smallest absolute Gasteiger partial charge is 0.257 e. The van der Waals surface area contributed by atoms with Gasteiger partial charge in [-0.1, -0.05) is 11.2 Å². The Bertz CT molecular complexity index is 994. The molecule has 0 bridgehead atoms. The second kappa shape index (κ2) is 6.01. The molecule has 0 atom stereocenters. The minimum Gasteiger partial charge on any atom is -0.486 e. The van der Waals surface area contributed by atoms with Crippen LogP contribution in [0.25, 0.3) is 11.1 Å². The van der Waals surface area contributed by atoms with Crippen LogP contribution >= 0.6 is 0 Å². The van der Waals surface area contributed by atoms with E-state index in [2.05, 4.69) is 15.5 Å². The maximum atomic E-state index is 12.7. The van der Waals surface area contributed by atoms with Gasteiger partial charge in [-0.05, 0) is 44.5 Å².